The second-order valence-electron chi connectivity index (χ2n) is 4.96. The number of aliphatic hydroxyl groups excluding tert-OH is 1. The highest BCUT2D eigenvalue weighted by Crippen LogP contribution is 2.41. The predicted molar refractivity (Wildman–Crippen MR) is 47.3 cm³/mol. The molecule has 1 rings (SSSR count). The van der Waals surface area contributed by atoms with Gasteiger partial charge in [0.2, 0.25) is 0 Å². The van der Waals surface area contributed by atoms with Crippen molar-refractivity contribution >= 4 is 0 Å². The van der Waals surface area contributed by atoms with E-state index in [2.05, 4.69) is 33.8 Å². The third kappa shape index (κ3) is 1.84. The summed E-state index contributed by atoms with van der Waals surface area (Å²) in [7, 11) is 0. The molecule has 0 saturated carbocycles. The first-order valence-electron chi connectivity index (χ1n) is 4.21. The van der Waals surface area contributed by atoms with E-state index in [9.17, 15) is 5.11 Å². The Bertz CT molecular complexity index is 177. The molecule has 0 bridgehead atoms. The maximum Gasteiger partial charge on any atom is 0.0772 e. The normalized spacial score (nSPS) is 33.7. The van der Waals surface area contributed by atoms with E-state index in [-0.39, 0.29) is 16.9 Å². The number of hydrogen-bond donors (Lipinski definition) is 1. The first-order valence-corrected chi connectivity index (χ1v) is 4.21. The van der Waals surface area contributed by atoms with Crippen LogP contribution >= 0.6 is 0 Å². The van der Waals surface area contributed by atoms with Crippen LogP contribution in [0.25, 0.3) is 0 Å². The lowest BCUT2D eigenvalue weighted by molar-refractivity contribution is 0.0485. The van der Waals surface area contributed by atoms with Crippen LogP contribution in [-0.4, -0.2) is 11.2 Å². The van der Waals surface area contributed by atoms with Gasteiger partial charge in [-0.3, -0.25) is 0 Å². The van der Waals surface area contributed by atoms with Gasteiger partial charge in [-0.1, -0.05) is 39.8 Å². The van der Waals surface area contributed by atoms with E-state index in [0.717, 1.165) is 6.42 Å². The van der Waals surface area contributed by atoms with Crippen LogP contribution in [0.2, 0.25) is 0 Å². The molecule has 0 aliphatic heterocycles. The molecule has 0 saturated heterocycles. The third-order valence-corrected chi connectivity index (χ3v) is 2.44. The molecule has 64 valence electrons. The van der Waals surface area contributed by atoms with Crippen molar-refractivity contribution < 1.29 is 5.11 Å². The minimum Gasteiger partial charge on any atom is -0.388 e. The molecule has 0 aromatic rings. The van der Waals surface area contributed by atoms with Crippen molar-refractivity contribution in [3.63, 3.8) is 0 Å². The molecule has 1 aliphatic carbocycles. The molecule has 1 N–H and O–H groups in total. The van der Waals surface area contributed by atoms with Crippen LogP contribution in [0.3, 0.4) is 0 Å². The molecule has 0 radical (unpaired) electrons. The monoisotopic (exact) mass is 154 g/mol. The van der Waals surface area contributed by atoms with Crippen molar-refractivity contribution in [2.24, 2.45) is 10.8 Å². The van der Waals surface area contributed by atoms with Gasteiger partial charge in [0.25, 0.3) is 0 Å². The molecule has 1 aliphatic rings. The van der Waals surface area contributed by atoms with Crippen molar-refractivity contribution in [3.8, 4) is 0 Å². The standard InChI is InChI=1S/C10H18O/c1-9(2)6-5-8(11)10(3,4)7-9/h5-6,8,11H,7H2,1-4H3. The van der Waals surface area contributed by atoms with E-state index in [4.69, 9.17) is 0 Å². The highest BCUT2D eigenvalue weighted by Gasteiger charge is 2.35. The van der Waals surface area contributed by atoms with E-state index >= 15 is 0 Å². The Morgan fingerprint density at radius 3 is 2.18 bits per heavy atom. The van der Waals surface area contributed by atoms with Crippen molar-refractivity contribution in [1.82, 2.24) is 0 Å². The highest BCUT2D eigenvalue weighted by molar-refractivity contribution is 5.09. The van der Waals surface area contributed by atoms with Gasteiger partial charge in [0, 0.05) is 0 Å². The first kappa shape index (κ1) is 8.79. The average molecular weight is 154 g/mol. The van der Waals surface area contributed by atoms with Crippen LogP contribution in [0, 0.1) is 10.8 Å². The van der Waals surface area contributed by atoms with Crippen LogP contribution in [0.15, 0.2) is 12.2 Å². The minimum absolute atomic E-state index is 0.0399. The molecule has 0 heterocycles. The highest BCUT2D eigenvalue weighted by atomic mass is 16.3. The maximum atomic E-state index is 9.58. The van der Waals surface area contributed by atoms with Gasteiger partial charge >= 0.3 is 0 Å². The summed E-state index contributed by atoms with van der Waals surface area (Å²) in [6, 6.07) is 0. The molecule has 1 nitrogen and oxygen atoms in total. The van der Waals surface area contributed by atoms with E-state index in [1.165, 1.54) is 0 Å². The van der Waals surface area contributed by atoms with E-state index in [1.807, 2.05) is 6.08 Å². The van der Waals surface area contributed by atoms with Gasteiger partial charge in [-0.2, -0.15) is 0 Å². The zero-order chi connectivity index (χ0) is 8.70. The summed E-state index contributed by atoms with van der Waals surface area (Å²) in [6.45, 7) is 8.64. The van der Waals surface area contributed by atoms with Crippen LogP contribution in [-0.2, 0) is 0 Å². The molecular formula is C10H18O. The summed E-state index contributed by atoms with van der Waals surface area (Å²) in [5, 5.41) is 9.58. The van der Waals surface area contributed by atoms with Gasteiger partial charge in [0.15, 0.2) is 0 Å². The fourth-order valence-corrected chi connectivity index (χ4v) is 1.95. The molecule has 1 unspecified atom stereocenters. The smallest absolute Gasteiger partial charge is 0.0772 e. The van der Waals surface area contributed by atoms with Crippen molar-refractivity contribution in [2.45, 2.75) is 40.2 Å². The maximum absolute atomic E-state index is 9.58. The van der Waals surface area contributed by atoms with Crippen LogP contribution in [0.4, 0.5) is 0 Å². The largest absolute Gasteiger partial charge is 0.388 e. The van der Waals surface area contributed by atoms with E-state index in [1.54, 1.807) is 0 Å². The number of rotatable bonds is 0. The zero-order valence-electron chi connectivity index (χ0n) is 7.89. The zero-order valence-corrected chi connectivity index (χ0v) is 7.89. The number of aliphatic hydroxyl groups is 1. The quantitative estimate of drug-likeness (QED) is 0.531. The molecule has 0 aromatic carbocycles. The Morgan fingerprint density at radius 2 is 1.82 bits per heavy atom. The Morgan fingerprint density at radius 1 is 1.27 bits per heavy atom. The Labute approximate surface area is 69.1 Å². The summed E-state index contributed by atoms with van der Waals surface area (Å²) in [6.07, 6.45) is 4.82. The van der Waals surface area contributed by atoms with Gasteiger partial charge in [-0.25, -0.2) is 0 Å². The summed E-state index contributed by atoms with van der Waals surface area (Å²) in [5.74, 6) is 0. The van der Waals surface area contributed by atoms with Crippen LogP contribution < -0.4 is 0 Å². The molecule has 1 heteroatoms. The lowest BCUT2D eigenvalue weighted by Crippen LogP contribution is -2.36. The van der Waals surface area contributed by atoms with Crippen molar-refractivity contribution in [2.75, 3.05) is 0 Å². The number of allylic oxidation sites excluding steroid dienone is 1. The topological polar surface area (TPSA) is 20.2 Å². The van der Waals surface area contributed by atoms with Gasteiger partial charge in [-0.05, 0) is 17.3 Å². The molecule has 0 amide bonds. The predicted octanol–water partition coefficient (Wildman–Crippen LogP) is 2.36. The van der Waals surface area contributed by atoms with Crippen LogP contribution in [0.1, 0.15) is 34.1 Å². The average Bonchev–Trinajstić information content (AvgIpc) is 1.77. The Hall–Kier alpha value is -0.300. The van der Waals surface area contributed by atoms with Gasteiger partial charge < -0.3 is 5.11 Å². The molecule has 0 aromatic heterocycles. The Kier molecular flexibility index (Phi) is 1.87. The molecule has 0 spiro atoms. The van der Waals surface area contributed by atoms with Crippen molar-refractivity contribution in [3.05, 3.63) is 12.2 Å². The second-order valence-corrected chi connectivity index (χ2v) is 4.96. The molecule has 11 heavy (non-hydrogen) atoms. The van der Waals surface area contributed by atoms with Gasteiger partial charge in [0.1, 0.15) is 0 Å². The fourth-order valence-electron chi connectivity index (χ4n) is 1.95. The lowest BCUT2D eigenvalue weighted by atomic mass is 9.68. The van der Waals surface area contributed by atoms with Crippen LogP contribution in [0.5, 0.6) is 0 Å². The molecular weight excluding hydrogens is 136 g/mol. The van der Waals surface area contributed by atoms with E-state index in [0.29, 0.717) is 0 Å². The van der Waals surface area contributed by atoms with Crippen molar-refractivity contribution in [1.29, 1.82) is 0 Å². The third-order valence-electron chi connectivity index (χ3n) is 2.44. The van der Waals surface area contributed by atoms with E-state index < -0.39 is 0 Å². The molecule has 0 fully saturated rings. The van der Waals surface area contributed by atoms with Gasteiger partial charge in [-0.15, -0.1) is 0 Å². The Balaban J connectivity index is 2.85. The summed E-state index contributed by atoms with van der Waals surface area (Å²) in [4.78, 5) is 0. The summed E-state index contributed by atoms with van der Waals surface area (Å²) >= 11 is 0. The SMILES string of the molecule is CC1(C)C=CC(O)C(C)(C)C1. The summed E-state index contributed by atoms with van der Waals surface area (Å²) in [5.41, 5.74) is 0.293. The molecule has 1 atom stereocenters. The van der Waals surface area contributed by atoms with Gasteiger partial charge in [0.05, 0.1) is 6.10 Å². The fraction of sp³-hybridized carbons (Fsp3) is 0.800. The second kappa shape index (κ2) is 2.34. The summed E-state index contributed by atoms with van der Waals surface area (Å²) < 4.78 is 0. The lowest BCUT2D eigenvalue weighted by Gasteiger charge is -2.39. The number of hydrogen-bond acceptors (Lipinski definition) is 1. The first-order chi connectivity index (χ1) is 4.83. The minimum atomic E-state index is -0.268.